The lowest BCUT2D eigenvalue weighted by molar-refractivity contribution is 0.0827. The maximum Gasteiger partial charge on any atom is 0.151 e. The molecule has 2 aliphatic heterocycles. The Morgan fingerprint density at radius 3 is 2.78 bits per heavy atom. The highest BCUT2D eigenvalue weighted by atomic mass is 15.3. The van der Waals surface area contributed by atoms with Gasteiger partial charge in [-0.2, -0.15) is 5.10 Å². The van der Waals surface area contributed by atoms with E-state index >= 15 is 0 Å². The van der Waals surface area contributed by atoms with Gasteiger partial charge >= 0.3 is 0 Å². The summed E-state index contributed by atoms with van der Waals surface area (Å²) in [6, 6.07) is 13.8. The van der Waals surface area contributed by atoms with E-state index in [4.69, 9.17) is 0 Å². The molecule has 1 aromatic carbocycles. The molecule has 3 aromatic rings. The van der Waals surface area contributed by atoms with Crippen LogP contribution in [-0.2, 0) is 6.42 Å². The summed E-state index contributed by atoms with van der Waals surface area (Å²) < 4.78 is 0. The first-order chi connectivity index (χ1) is 13.3. The molecule has 3 aliphatic rings. The zero-order valence-electron chi connectivity index (χ0n) is 15.7. The van der Waals surface area contributed by atoms with Gasteiger partial charge in [-0.05, 0) is 50.1 Å². The molecule has 0 radical (unpaired) electrons. The highest BCUT2D eigenvalue weighted by molar-refractivity contribution is 5.85. The maximum absolute atomic E-state index is 4.68. The molecule has 0 saturated carbocycles. The molecular formula is C22H25N5. The number of likely N-dealkylation sites (tertiary alicyclic amines) is 1. The van der Waals surface area contributed by atoms with Gasteiger partial charge in [-0.1, -0.05) is 18.2 Å². The number of aryl methyl sites for hydroxylation is 1. The van der Waals surface area contributed by atoms with Crippen molar-refractivity contribution in [3.63, 3.8) is 0 Å². The smallest absolute Gasteiger partial charge is 0.151 e. The van der Waals surface area contributed by atoms with Crippen LogP contribution in [-0.4, -0.2) is 52.8 Å². The number of aromatic amines is 1. The van der Waals surface area contributed by atoms with Gasteiger partial charge in [-0.3, -0.25) is 0 Å². The van der Waals surface area contributed by atoms with E-state index in [9.17, 15) is 0 Å². The van der Waals surface area contributed by atoms with E-state index in [1.165, 1.54) is 35.1 Å². The third kappa shape index (κ3) is 2.34. The quantitative estimate of drug-likeness (QED) is 0.763. The number of likely N-dealkylation sites (N-methyl/N-ethyl adjacent to an activating group) is 1. The summed E-state index contributed by atoms with van der Waals surface area (Å²) in [4.78, 5) is 8.53. The fourth-order valence-corrected chi connectivity index (χ4v) is 5.49. The first-order valence-corrected chi connectivity index (χ1v) is 10.2. The van der Waals surface area contributed by atoms with Gasteiger partial charge in [0.2, 0.25) is 0 Å². The van der Waals surface area contributed by atoms with Gasteiger partial charge in [0.25, 0.3) is 0 Å². The van der Waals surface area contributed by atoms with Crippen molar-refractivity contribution in [1.29, 1.82) is 0 Å². The Bertz CT molecular complexity index is 992. The topological polar surface area (TPSA) is 48.0 Å². The maximum atomic E-state index is 4.68. The van der Waals surface area contributed by atoms with Crippen molar-refractivity contribution in [2.24, 2.45) is 5.92 Å². The van der Waals surface area contributed by atoms with E-state index in [0.29, 0.717) is 12.0 Å². The number of hydrogen-bond donors (Lipinski definition) is 1. The largest absolute Gasteiger partial charge is 0.358 e. The van der Waals surface area contributed by atoms with Crippen molar-refractivity contribution in [3.05, 3.63) is 53.3 Å². The van der Waals surface area contributed by atoms with Crippen LogP contribution < -0.4 is 4.90 Å². The summed E-state index contributed by atoms with van der Waals surface area (Å²) >= 11 is 0. The van der Waals surface area contributed by atoms with Crippen LogP contribution in [0.25, 0.3) is 10.9 Å². The standard InChI is InChI=1S/C22H25N5/c1-26-11-14-12-27(13-20(14)26)21-10-9-19(24-25-21)17-7-4-6-16-15-5-2-3-8-18(15)23-22(16)17/h2-3,5,8-10,14,17,20,23H,4,6-7,11-13H2,1H3. The summed E-state index contributed by atoms with van der Waals surface area (Å²) in [5.41, 5.74) is 5.18. The second-order valence-corrected chi connectivity index (χ2v) is 8.50. The van der Waals surface area contributed by atoms with Crippen molar-refractivity contribution >= 4 is 16.7 Å². The van der Waals surface area contributed by atoms with Crippen molar-refractivity contribution in [3.8, 4) is 0 Å². The van der Waals surface area contributed by atoms with Crippen LogP contribution in [0.1, 0.15) is 35.7 Å². The minimum atomic E-state index is 0.337. The lowest BCUT2D eigenvalue weighted by atomic mass is 9.85. The highest BCUT2D eigenvalue weighted by Crippen LogP contribution is 2.39. The van der Waals surface area contributed by atoms with Crippen LogP contribution in [0.2, 0.25) is 0 Å². The van der Waals surface area contributed by atoms with E-state index < -0.39 is 0 Å². The molecule has 0 amide bonds. The van der Waals surface area contributed by atoms with Gasteiger partial charge in [0.15, 0.2) is 5.82 Å². The van der Waals surface area contributed by atoms with Gasteiger partial charge in [-0.15, -0.1) is 5.10 Å². The zero-order chi connectivity index (χ0) is 18.0. The normalized spacial score (nSPS) is 27.4. The molecule has 1 aliphatic carbocycles. The third-order valence-corrected chi connectivity index (χ3v) is 6.96. The first kappa shape index (κ1) is 15.6. The monoisotopic (exact) mass is 359 g/mol. The van der Waals surface area contributed by atoms with Gasteiger partial charge in [0.05, 0.1) is 5.69 Å². The summed E-state index contributed by atoms with van der Waals surface area (Å²) in [5, 5.41) is 10.7. The number of benzene rings is 1. The average Bonchev–Trinajstić information content (AvgIpc) is 3.26. The van der Waals surface area contributed by atoms with Crippen molar-refractivity contribution in [2.75, 3.05) is 31.6 Å². The van der Waals surface area contributed by atoms with Gasteiger partial charge in [-0.25, -0.2) is 0 Å². The first-order valence-electron chi connectivity index (χ1n) is 10.2. The SMILES string of the molecule is CN1CC2CN(c3ccc(C4CCCc5c4[nH]c4ccccc54)nn3)CC21. The lowest BCUT2D eigenvalue weighted by Gasteiger charge is -2.40. The fraction of sp³-hybridized carbons (Fsp3) is 0.455. The number of anilines is 1. The van der Waals surface area contributed by atoms with Crippen molar-refractivity contribution in [1.82, 2.24) is 20.1 Å². The van der Waals surface area contributed by atoms with Crippen molar-refractivity contribution < 1.29 is 0 Å². The summed E-state index contributed by atoms with van der Waals surface area (Å²) in [7, 11) is 2.22. The molecule has 1 N–H and O–H groups in total. The molecule has 2 aromatic heterocycles. The van der Waals surface area contributed by atoms with Crippen LogP contribution in [0.3, 0.4) is 0 Å². The van der Waals surface area contributed by atoms with Gasteiger partial charge in [0, 0.05) is 54.1 Å². The Morgan fingerprint density at radius 1 is 1.04 bits per heavy atom. The molecule has 138 valence electrons. The van der Waals surface area contributed by atoms with E-state index in [1.807, 2.05) is 0 Å². The highest BCUT2D eigenvalue weighted by Gasteiger charge is 2.43. The number of nitrogens with zero attached hydrogens (tertiary/aromatic N) is 4. The Balaban J connectivity index is 1.30. The molecule has 2 saturated heterocycles. The lowest BCUT2D eigenvalue weighted by Crippen LogP contribution is -2.52. The predicted octanol–water partition coefficient (Wildman–Crippen LogP) is 3.18. The molecule has 3 atom stereocenters. The number of para-hydroxylation sites is 1. The number of fused-ring (bicyclic) bond motifs is 4. The molecule has 0 bridgehead atoms. The molecule has 27 heavy (non-hydrogen) atoms. The summed E-state index contributed by atoms with van der Waals surface area (Å²) in [6.45, 7) is 3.43. The van der Waals surface area contributed by atoms with Crippen LogP contribution >= 0.6 is 0 Å². The molecule has 0 spiro atoms. The number of nitrogens with one attached hydrogen (secondary N) is 1. The van der Waals surface area contributed by atoms with Gasteiger partial charge in [0.1, 0.15) is 0 Å². The molecule has 5 nitrogen and oxygen atoms in total. The summed E-state index contributed by atoms with van der Waals surface area (Å²) in [6.07, 6.45) is 3.52. The number of H-pyrrole nitrogens is 1. The molecule has 6 rings (SSSR count). The molecule has 5 heteroatoms. The Hall–Kier alpha value is -2.40. The minimum Gasteiger partial charge on any atom is -0.358 e. The predicted molar refractivity (Wildman–Crippen MR) is 107 cm³/mol. The number of aromatic nitrogens is 3. The van der Waals surface area contributed by atoms with E-state index in [0.717, 1.165) is 43.4 Å². The minimum absolute atomic E-state index is 0.337. The second-order valence-electron chi connectivity index (χ2n) is 8.50. The van der Waals surface area contributed by atoms with E-state index in [2.05, 4.69) is 68.4 Å². The molecule has 3 unspecified atom stereocenters. The fourth-order valence-electron chi connectivity index (χ4n) is 5.49. The van der Waals surface area contributed by atoms with Gasteiger partial charge < -0.3 is 14.8 Å². The molecular weight excluding hydrogens is 334 g/mol. The Labute approximate surface area is 159 Å². The second kappa shape index (κ2) is 5.80. The van der Waals surface area contributed by atoms with E-state index in [-0.39, 0.29) is 0 Å². The zero-order valence-corrected chi connectivity index (χ0v) is 15.7. The molecule has 2 fully saturated rings. The van der Waals surface area contributed by atoms with Crippen LogP contribution in [0.4, 0.5) is 5.82 Å². The Morgan fingerprint density at radius 2 is 1.96 bits per heavy atom. The van der Waals surface area contributed by atoms with Crippen molar-refractivity contribution in [2.45, 2.75) is 31.2 Å². The third-order valence-electron chi connectivity index (χ3n) is 6.96. The molecule has 4 heterocycles. The van der Waals surface area contributed by atoms with Crippen LogP contribution in [0, 0.1) is 5.92 Å². The number of hydrogen-bond acceptors (Lipinski definition) is 4. The summed E-state index contributed by atoms with van der Waals surface area (Å²) in [5.74, 6) is 2.18. The van der Waals surface area contributed by atoms with Crippen LogP contribution in [0.15, 0.2) is 36.4 Å². The average molecular weight is 359 g/mol. The van der Waals surface area contributed by atoms with E-state index in [1.54, 1.807) is 0 Å². The Kier molecular flexibility index (Phi) is 3.36. The van der Waals surface area contributed by atoms with Crippen LogP contribution in [0.5, 0.6) is 0 Å². The number of rotatable bonds is 2.